The minimum absolute atomic E-state index is 0.109. The van der Waals surface area contributed by atoms with E-state index in [0.29, 0.717) is 5.69 Å². The maximum Gasteiger partial charge on any atom is 0.270 e. The topological polar surface area (TPSA) is 98.0 Å². The van der Waals surface area contributed by atoms with E-state index in [1.165, 1.54) is 6.07 Å². The second-order valence-electron chi connectivity index (χ2n) is 4.03. The molecule has 0 saturated heterocycles. The Morgan fingerprint density at radius 3 is 2.71 bits per heavy atom. The zero-order valence-electron chi connectivity index (χ0n) is 10.6. The summed E-state index contributed by atoms with van der Waals surface area (Å²) >= 11 is 5.71. The molecule has 21 heavy (non-hydrogen) atoms. The summed E-state index contributed by atoms with van der Waals surface area (Å²) in [5, 5.41) is 13.0. The fraction of sp³-hybridized carbons (Fsp3) is 0.0833. The standard InChI is InChI=1S/C12H8ClFN4O3/c1-6-4-10(13)16-12(15-6)17-11(19)8-5-7(18(20)21)2-3-9(8)14/h2-5H,1H3,(H,15,16,17,19). The van der Waals surface area contributed by atoms with Crippen LogP contribution in [0.2, 0.25) is 5.15 Å². The first kappa shape index (κ1) is 14.8. The first-order valence-electron chi connectivity index (χ1n) is 5.63. The third-order valence-corrected chi connectivity index (χ3v) is 2.65. The first-order chi connectivity index (χ1) is 9.86. The number of hydrogen-bond donors (Lipinski definition) is 1. The summed E-state index contributed by atoms with van der Waals surface area (Å²) in [7, 11) is 0. The summed E-state index contributed by atoms with van der Waals surface area (Å²) in [5.41, 5.74) is -0.375. The molecule has 2 aromatic rings. The molecule has 9 heteroatoms. The Balaban J connectivity index is 2.31. The molecule has 0 spiro atoms. The Labute approximate surface area is 122 Å². The van der Waals surface area contributed by atoms with Gasteiger partial charge in [-0.15, -0.1) is 0 Å². The summed E-state index contributed by atoms with van der Waals surface area (Å²) < 4.78 is 13.6. The lowest BCUT2D eigenvalue weighted by molar-refractivity contribution is -0.384. The second-order valence-corrected chi connectivity index (χ2v) is 4.42. The van der Waals surface area contributed by atoms with Crippen LogP contribution in [0.4, 0.5) is 16.0 Å². The van der Waals surface area contributed by atoms with Gasteiger partial charge in [-0.25, -0.2) is 14.4 Å². The van der Waals surface area contributed by atoms with E-state index in [0.717, 1.165) is 18.2 Å². The Hall–Kier alpha value is -2.61. The highest BCUT2D eigenvalue weighted by Crippen LogP contribution is 2.18. The number of carbonyl (C=O) groups is 1. The average Bonchev–Trinajstić information content (AvgIpc) is 2.37. The minimum atomic E-state index is -0.905. The second kappa shape index (κ2) is 5.80. The molecule has 7 nitrogen and oxygen atoms in total. The summed E-state index contributed by atoms with van der Waals surface area (Å²) in [6.45, 7) is 1.64. The summed E-state index contributed by atoms with van der Waals surface area (Å²) in [4.78, 5) is 29.5. The molecule has 0 radical (unpaired) electrons. The largest absolute Gasteiger partial charge is 0.290 e. The number of rotatable bonds is 3. The quantitative estimate of drug-likeness (QED) is 0.534. The van der Waals surface area contributed by atoms with E-state index in [-0.39, 0.29) is 11.1 Å². The van der Waals surface area contributed by atoms with Gasteiger partial charge < -0.3 is 0 Å². The minimum Gasteiger partial charge on any atom is -0.290 e. The third-order valence-electron chi connectivity index (χ3n) is 2.45. The number of nitrogens with one attached hydrogen (secondary N) is 1. The van der Waals surface area contributed by atoms with Gasteiger partial charge in [0.05, 0.1) is 10.5 Å². The van der Waals surface area contributed by atoms with Crippen LogP contribution in [0.5, 0.6) is 0 Å². The molecular formula is C12H8ClFN4O3. The molecule has 0 aliphatic rings. The van der Waals surface area contributed by atoms with Crippen LogP contribution in [0.15, 0.2) is 24.3 Å². The lowest BCUT2D eigenvalue weighted by Gasteiger charge is -2.05. The number of non-ortho nitro benzene ring substituents is 1. The fourth-order valence-electron chi connectivity index (χ4n) is 1.56. The molecule has 0 aliphatic heterocycles. The zero-order chi connectivity index (χ0) is 15.6. The lowest BCUT2D eigenvalue weighted by atomic mass is 10.2. The van der Waals surface area contributed by atoms with E-state index >= 15 is 0 Å². The Kier molecular flexibility index (Phi) is 4.08. The number of aromatic nitrogens is 2. The molecule has 2 rings (SSSR count). The van der Waals surface area contributed by atoms with Crippen molar-refractivity contribution in [3.05, 3.63) is 56.6 Å². The molecule has 0 bridgehead atoms. The number of nitro benzene ring substituents is 1. The summed E-state index contributed by atoms with van der Waals surface area (Å²) in [5.74, 6) is -1.91. The van der Waals surface area contributed by atoms with Crippen LogP contribution in [0, 0.1) is 22.9 Å². The molecule has 0 saturated carbocycles. The molecule has 1 aromatic carbocycles. The zero-order valence-corrected chi connectivity index (χ0v) is 11.4. The predicted molar refractivity (Wildman–Crippen MR) is 72.8 cm³/mol. The third kappa shape index (κ3) is 3.48. The fourth-order valence-corrected chi connectivity index (χ4v) is 1.79. The van der Waals surface area contributed by atoms with E-state index in [4.69, 9.17) is 11.6 Å². The highest BCUT2D eigenvalue weighted by Gasteiger charge is 2.18. The van der Waals surface area contributed by atoms with E-state index < -0.39 is 27.9 Å². The molecule has 0 atom stereocenters. The van der Waals surface area contributed by atoms with Crippen LogP contribution in [0.25, 0.3) is 0 Å². The highest BCUT2D eigenvalue weighted by molar-refractivity contribution is 6.29. The lowest BCUT2D eigenvalue weighted by Crippen LogP contribution is -2.16. The summed E-state index contributed by atoms with van der Waals surface area (Å²) in [6.07, 6.45) is 0. The van der Waals surface area contributed by atoms with Crippen molar-refractivity contribution >= 4 is 29.1 Å². The molecule has 1 amide bonds. The van der Waals surface area contributed by atoms with Crippen molar-refractivity contribution in [2.24, 2.45) is 0 Å². The Morgan fingerprint density at radius 1 is 1.38 bits per heavy atom. The van der Waals surface area contributed by atoms with Gasteiger partial charge >= 0.3 is 0 Å². The van der Waals surface area contributed by atoms with Crippen molar-refractivity contribution in [1.29, 1.82) is 0 Å². The van der Waals surface area contributed by atoms with Crippen LogP contribution in [0.1, 0.15) is 16.1 Å². The average molecular weight is 311 g/mol. The number of amides is 1. The van der Waals surface area contributed by atoms with Gasteiger partial charge in [-0.3, -0.25) is 20.2 Å². The van der Waals surface area contributed by atoms with Crippen LogP contribution >= 0.6 is 11.6 Å². The Bertz CT molecular complexity index is 718. The van der Waals surface area contributed by atoms with Gasteiger partial charge in [0.25, 0.3) is 11.6 Å². The maximum atomic E-state index is 13.6. The molecular weight excluding hydrogens is 303 g/mol. The monoisotopic (exact) mass is 310 g/mol. The van der Waals surface area contributed by atoms with Crippen LogP contribution in [0.3, 0.4) is 0 Å². The first-order valence-corrected chi connectivity index (χ1v) is 6.01. The van der Waals surface area contributed by atoms with Gasteiger partial charge in [0.2, 0.25) is 5.95 Å². The number of aryl methyl sites for hydroxylation is 1. The van der Waals surface area contributed by atoms with Gasteiger partial charge in [-0.1, -0.05) is 11.6 Å². The van der Waals surface area contributed by atoms with Crippen LogP contribution in [-0.4, -0.2) is 20.8 Å². The van der Waals surface area contributed by atoms with Crippen molar-refractivity contribution in [1.82, 2.24) is 9.97 Å². The normalized spacial score (nSPS) is 10.2. The predicted octanol–water partition coefficient (Wildman–Crippen LogP) is 2.74. The summed E-state index contributed by atoms with van der Waals surface area (Å²) in [6, 6.07) is 4.12. The van der Waals surface area contributed by atoms with E-state index in [9.17, 15) is 19.3 Å². The molecule has 108 valence electrons. The maximum absolute atomic E-state index is 13.6. The molecule has 1 aromatic heterocycles. The number of halogens is 2. The van der Waals surface area contributed by atoms with Crippen molar-refractivity contribution in [2.75, 3.05) is 5.32 Å². The van der Waals surface area contributed by atoms with Crippen LogP contribution in [-0.2, 0) is 0 Å². The van der Waals surface area contributed by atoms with Crippen molar-refractivity contribution in [3.63, 3.8) is 0 Å². The number of carbonyl (C=O) groups excluding carboxylic acids is 1. The Morgan fingerprint density at radius 2 is 2.10 bits per heavy atom. The smallest absolute Gasteiger partial charge is 0.270 e. The molecule has 1 heterocycles. The van der Waals surface area contributed by atoms with Gasteiger partial charge in [-0.05, 0) is 19.1 Å². The molecule has 0 aliphatic carbocycles. The SMILES string of the molecule is Cc1cc(Cl)nc(NC(=O)c2cc([N+](=O)[O-])ccc2F)n1. The number of benzene rings is 1. The number of anilines is 1. The van der Waals surface area contributed by atoms with Crippen molar-refractivity contribution in [3.8, 4) is 0 Å². The van der Waals surface area contributed by atoms with Crippen molar-refractivity contribution in [2.45, 2.75) is 6.92 Å². The van der Waals surface area contributed by atoms with Gasteiger partial charge in [-0.2, -0.15) is 0 Å². The van der Waals surface area contributed by atoms with E-state index in [1.807, 2.05) is 0 Å². The van der Waals surface area contributed by atoms with Gasteiger partial charge in [0.1, 0.15) is 11.0 Å². The van der Waals surface area contributed by atoms with Gasteiger partial charge in [0, 0.05) is 17.8 Å². The number of hydrogen-bond acceptors (Lipinski definition) is 5. The highest BCUT2D eigenvalue weighted by atomic mass is 35.5. The number of nitro groups is 1. The molecule has 1 N–H and O–H groups in total. The van der Waals surface area contributed by atoms with E-state index in [2.05, 4.69) is 15.3 Å². The van der Waals surface area contributed by atoms with Crippen molar-refractivity contribution < 1.29 is 14.1 Å². The van der Waals surface area contributed by atoms with E-state index in [1.54, 1.807) is 6.92 Å². The van der Waals surface area contributed by atoms with Crippen LogP contribution < -0.4 is 5.32 Å². The molecule has 0 fully saturated rings. The molecule has 0 unspecified atom stereocenters. The van der Waals surface area contributed by atoms with Gasteiger partial charge in [0.15, 0.2) is 0 Å². The number of nitrogens with zero attached hydrogens (tertiary/aromatic N) is 3.